The van der Waals surface area contributed by atoms with Crippen molar-refractivity contribution in [2.45, 2.75) is 38.3 Å². The van der Waals surface area contributed by atoms with Crippen molar-refractivity contribution in [3.05, 3.63) is 34.2 Å². The monoisotopic (exact) mass is 193 g/mol. The molecule has 1 aromatic heterocycles. The Morgan fingerprint density at radius 2 is 2.14 bits per heavy atom. The number of rotatable bonds is 2. The van der Waals surface area contributed by atoms with Crippen LogP contribution in [0.4, 0.5) is 0 Å². The molecule has 1 aliphatic carbocycles. The predicted molar refractivity (Wildman–Crippen MR) is 54.2 cm³/mol. The molecule has 3 nitrogen and oxygen atoms in total. The van der Waals surface area contributed by atoms with Crippen LogP contribution in [-0.2, 0) is 5.60 Å². The van der Waals surface area contributed by atoms with Crippen LogP contribution in [0.2, 0.25) is 0 Å². The van der Waals surface area contributed by atoms with E-state index in [0.29, 0.717) is 11.6 Å². The van der Waals surface area contributed by atoms with Gasteiger partial charge in [0.2, 0.25) is 0 Å². The van der Waals surface area contributed by atoms with Gasteiger partial charge in [-0.2, -0.15) is 0 Å². The predicted octanol–water partition coefficient (Wildman–Crippen LogP) is 1.41. The molecule has 2 rings (SSSR count). The second kappa shape index (κ2) is 2.95. The van der Waals surface area contributed by atoms with Crippen molar-refractivity contribution in [2.75, 3.05) is 0 Å². The summed E-state index contributed by atoms with van der Waals surface area (Å²) in [6, 6.07) is 3.89. The molecule has 0 aromatic carbocycles. The third kappa shape index (κ3) is 1.60. The maximum absolute atomic E-state index is 11.9. The SMILES string of the molecule is CC(C)(O)c1cccn(C2CC2)c1=O. The number of nitrogens with zero attached hydrogens (tertiary/aromatic N) is 1. The average Bonchev–Trinajstić information content (AvgIpc) is 2.85. The molecule has 1 fully saturated rings. The van der Waals surface area contributed by atoms with Crippen LogP contribution in [0.15, 0.2) is 23.1 Å². The lowest BCUT2D eigenvalue weighted by Gasteiger charge is -2.17. The zero-order chi connectivity index (χ0) is 10.3. The Morgan fingerprint density at radius 1 is 1.50 bits per heavy atom. The summed E-state index contributed by atoms with van der Waals surface area (Å²) in [7, 11) is 0. The van der Waals surface area contributed by atoms with Crippen LogP contribution < -0.4 is 5.56 Å². The quantitative estimate of drug-likeness (QED) is 0.771. The van der Waals surface area contributed by atoms with Crippen LogP contribution in [0.5, 0.6) is 0 Å². The smallest absolute Gasteiger partial charge is 0.256 e. The zero-order valence-electron chi connectivity index (χ0n) is 8.53. The highest BCUT2D eigenvalue weighted by Crippen LogP contribution is 2.33. The molecular weight excluding hydrogens is 178 g/mol. The average molecular weight is 193 g/mol. The molecule has 1 aliphatic rings. The number of hydrogen-bond donors (Lipinski definition) is 1. The summed E-state index contributed by atoms with van der Waals surface area (Å²) < 4.78 is 1.73. The summed E-state index contributed by atoms with van der Waals surface area (Å²) in [6.45, 7) is 3.28. The molecule has 0 bridgehead atoms. The first-order chi connectivity index (χ1) is 6.50. The van der Waals surface area contributed by atoms with Gasteiger partial charge in [0.25, 0.3) is 5.56 Å². The molecular formula is C11H15NO2. The Kier molecular flexibility index (Phi) is 2.00. The Labute approximate surface area is 83.0 Å². The molecule has 0 unspecified atom stereocenters. The number of pyridine rings is 1. The molecule has 76 valence electrons. The van der Waals surface area contributed by atoms with Gasteiger partial charge < -0.3 is 9.67 Å². The molecule has 1 N–H and O–H groups in total. The minimum atomic E-state index is -1.05. The van der Waals surface area contributed by atoms with Crippen molar-refractivity contribution in [1.29, 1.82) is 0 Å². The molecule has 1 saturated carbocycles. The van der Waals surface area contributed by atoms with Gasteiger partial charge in [0.1, 0.15) is 0 Å². The first-order valence-corrected chi connectivity index (χ1v) is 4.94. The van der Waals surface area contributed by atoms with Crippen molar-refractivity contribution < 1.29 is 5.11 Å². The van der Waals surface area contributed by atoms with Crippen LogP contribution in [-0.4, -0.2) is 9.67 Å². The molecule has 0 saturated heterocycles. The van der Waals surface area contributed by atoms with Crippen LogP contribution in [0.25, 0.3) is 0 Å². The second-order valence-electron chi connectivity index (χ2n) is 4.42. The lowest BCUT2D eigenvalue weighted by Crippen LogP contribution is -2.31. The maximum Gasteiger partial charge on any atom is 0.256 e. The molecule has 1 heterocycles. The van der Waals surface area contributed by atoms with E-state index in [1.807, 2.05) is 6.07 Å². The van der Waals surface area contributed by atoms with Gasteiger partial charge in [0, 0.05) is 17.8 Å². The van der Waals surface area contributed by atoms with E-state index in [-0.39, 0.29) is 5.56 Å². The largest absolute Gasteiger partial charge is 0.386 e. The lowest BCUT2D eigenvalue weighted by atomic mass is 10.0. The Bertz CT molecular complexity index is 396. The molecule has 0 spiro atoms. The molecule has 1 aromatic rings. The number of hydrogen-bond acceptors (Lipinski definition) is 2. The highest BCUT2D eigenvalue weighted by Gasteiger charge is 2.27. The van der Waals surface area contributed by atoms with E-state index < -0.39 is 5.60 Å². The molecule has 0 aliphatic heterocycles. The molecule has 14 heavy (non-hydrogen) atoms. The van der Waals surface area contributed by atoms with Crippen molar-refractivity contribution in [1.82, 2.24) is 4.57 Å². The third-order valence-corrected chi connectivity index (χ3v) is 2.57. The Morgan fingerprint density at radius 3 is 2.64 bits per heavy atom. The first-order valence-electron chi connectivity index (χ1n) is 4.94. The molecule has 0 amide bonds. The van der Waals surface area contributed by atoms with Crippen LogP contribution in [0, 0.1) is 0 Å². The maximum atomic E-state index is 11.9. The number of aromatic nitrogens is 1. The van der Waals surface area contributed by atoms with Gasteiger partial charge in [0.05, 0.1) is 5.60 Å². The lowest BCUT2D eigenvalue weighted by molar-refractivity contribution is 0.0765. The van der Waals surface area contributed by atoms with Crippen LogP contribution in [0.3, 0.4) is 0 Å². The summed E-state index contributed by atoms with van der Waals surface area (Å²) in [5, 5.41) is 9.78. The van der Waals surface area contributed by atoms with Gasteiger partial charge in [0.15, 0.2) is 0 Å². The second-order valence-corrected chi connectivity index (χ2v) is 4.42. The van der Waals surface area contributed by atoms with Crippen molar-refractivity contribution in [3.8, 4) is 0 Å². The van der Waals surface area contributed by atoms with E-state index in [0.717, 1.165) is 12.8 Å². The van der Waals surface area contributed by atoms with Crippen LogP contribution >= 0.6 is 0 Å². The first kappa shape index (κ1) is 9.46. The van der Waals surface area contributed by atoms with E-state index in [2.05, 4.69) is 0 Å². The fourth-order valence-electron chi connectivity index (χ4n) is 1.62. The minimum absolute atomic E-state index is 0.0532. The zero-order valence-corrected chi connectivity index (χ0v) is 8.53. The third-order valence-electron chi connectivity index (χ3n) is 2.57. The normalized spacial score (nSPS) is 17.1. The van der Waals surface area contributed by atoms with Crippen molar-refractivity contribution in [2.24, 2.45) is 0 Å². The standard InChI is InChI=1S/C11H15NO2/c1-11(2,14)9-4-3-7-12(10(9)13)8-5-6-8/h3-4,7-8,14H,5-6H2,1-2H3. The van der Waals surface area contributed by atoms with E-state index >= 15 is 0 Å². The minimum Gasteiger partial charge on any atom is -0.386 e. The van der Waals surface area contributed by atoms with Gasteiger partial charge in [-0.25, -0.2) is 0 Å². The van der Waals surface area contributed by atoms with E-state index in [4.69, 9.17) is 0 Å². The number of aliphatic hydroxyl groups is 1. The van der Waals surface area contributed by atoms with E-state index in [1.54, 1.807) is 30.7 Å². The van der Waals surface area contributed by atoms with Gasteiger partial charge in [-0.1, -0.05) is 0 Å². The molecule has 3 heteroatoms. The van der Waals surface area contributed by atoms with Gasteiger partial charge in [-0.05, 0) is 38.8 Å². The van der Waals surface area contributed by atoms with Crippen LogP contribution in [0.1, 0.15) is 38.3 Å². The topological polar surface area (TPSA) is 42.2 Å². The van der Waals surface area contributed by atoms with Gasteiger partial charge >= 0.3 is 0 Å². The van der Waals surface area contributed by atoms with Crippen molar-refractivity contribution in [3.63, 3.8) is 0 Å². The van der Waals surface area contributed by atoms with Crippen molar-refractivity contribution >= 4 is 0 Å². The highest BCUT2D eigenvalue weighted by molar-refractivity contribution is 5.18. The van der Waals surface area contributed by atoms with Gasteiger partial charge in [-0.15, -0.1) is 0 Å². The molecule has 0 atom stereocenters. The summed E-state index contributed by atoms with van der Waals surface area (Å²) >= 11 is 0. The Balaban J connectivity index is 2.52. The highest BCUT2D eigenvalue weighted by atomic mass is 16.3. The van der Waals surface area contributed by atoms with Gasteiger partial charge in [-0.3, -0.25) is 4.79 Å². The van der Waals surface area contributed by atoms with E-state index in [9.17, 15) is 9.90 Å². The summed E-state index contributed by atoms with van der Waals surface area (Å²) in [6.07, 6.45) is 3.96. The molecule has 0 radical (unpaired) electrons. The summed E-state index contributed by atoms with van der Waals surface area (Å²) in [4.78, 5) is 11.9. The fraction of sp³-hybridized carbons (Fsp3) is 0.545. The van der Waals surface area contributed by atoms with E-state index in [1.165, 1.54) is 0 Å². The fourth-order valence-corrected chi connectivity index (χ4v) is 1.62. The Hall–Kier alpha value is -1.09. The summed E-state index contributed by atoms with van der Waals surface area (Å²) in [5.74, 6) is 0. The summed E-state index contributed by atoms with van der Waals surface area (Å²) in [5.41, 5.74) is -0.621.